The molecule has 0 bridgehead atoms. The second-order valence-corrected chi connectivity index (χ2v) is 10.8. The van der Waals surface area contributed by atoms with Crippen molar-refractivity contribution in [3.63, 3.8) is 0 Å². The van der Waals surface area contributed by atoms with Crippen molar-refractivity contribution in [2.24, 2.45) is 10.7 Å². The Morgan fingerprint density at radius 1 is 0.946 bits per heavy atom. The molecule has 11 heteroatoms. The minimum absolute atomic E-state index is 0. The largest absolute Gasteiger partial charge is 0.370 e. The highest BCUT2D eigenvalue weighted by Gasteiger charge is 2.37. The molecule has 0 saturated carbocycles. The predicted octanol–water partition coefficient (Wildman–Crippen LogP) is 5.04. The van der Waals surface area contributed by atoms with Crippen molar-refractivity contribution in [3.8, 4) is 0 Å². The summed E-state index contributed by atoms with van der Waals surface area (Å²) in [6.07, 6.45) is 1.78. The molecule has 0 aliphatic carbocycles. The summed E-state index contributed by atoms with van der Waals surface area (Å²) in [5, 5.41) is 3.51. The molecule has 3 N–H and O–H groups in total. The molecule has 2 aliphatic rings. The molecule has 5 rings (SSSR count). The number of benzene rings is 3. The van der Waals surface area contributed by atoms with E-state index >= 15 is 0 Å². The van der Waals surface area contributed by atoms with Crippen LogP contribution in [-0.2, 0) is 10.0 Å². The third-order valence-corrected chi connectivity index (χ3v) is 8.09. The number of guanidine groups is 1. The van der Waals surface area contributed by atoms with E-state index < -0.39 is 21.9 Å². The van der Waals surface area contributed by atoms with E-state index in [9.17, 15) is 17.2 Å². The summed E-state index contributed by atoms with van der Waals surface area (Å²) in [6.45, 7) is 0.0739. The molecular weight excluding hydrogens is 541 g/mol. The molecule has 1 unspecified atom stereocenters. The van der Waals surface area contributed by atoms with Crippen LogP contribution in [-0.4, -0.2) is 31.8 Å². The fourth-order valence-electron chi connectivity index (χ4n) is 4.29. The topological polar surface area (TPSA) is 87.8 Å². The van der Waals surface area contributed by atoms with Crippen molar-refractivity contribution in [2.45, 2.75) is 10.9 Å². The summed E-state index contributed by atoms with van der Waals surface area (Å²) in [7, 11) is -3.91. The average Bonchev–Trinajstić information content (AvgIpc) is 2.86. The van der Waals surface area contributed by atoms with Gasteiger partial charge in [-0.05, 0) is 76.9 Å². The quantitative estimate of drug-likeness (QED) is 0.466. The number of nitrogens with zero attached hydrogens (tertiary/aromatic N) is 2. The lowest BCUT2D eigenvalue weighted by atomic mass is 9.90. The number of rotatable bonds is 4. The summed E-state index contributed by atoms with van der Waals surface area (Å²) in [5.41, 5.74) is 9.39. The van der Waals surface area contributed by atoms with Gasteiger partial charge in [0.05, 0.1) is 4.90 Å². The van der Waals surface area contributed by atoms with E-state index in [2.05, 4.69) is 10.3 Å². The molecule has 1 atom stereocenters. The van der Waals surface area contributed by atoms with E-state index in [0.717, 1.165) is 0 Å². The molecule has 0 fully saturated rings. The number of hydrogen-bond acceptors (Lipinski definition) is 5. The van der Waals surface area contributed by atoms with Crippen LogP contribution in [0, 0.1) is 11.6 Å². The zero-order chi connectivity index (χ0) is 25.4. The van der Waals surface area contributed by atoms with E-state index in [1.807, 2.05) is 0 Å². The Morgan fingerprint density at radius 3 is 2.16 bits per heavy atom. The first kappa shape index (κ1) is 26.8. The highest BCUT2D eigenvalue weighted by atomic mass is 35.5. The van der Waals surface area contributed by atoms with E-state index in [4.69, 9.17) is 17.3 Å². The molecule has 0 aromatic heterocycles. The molecule has 0 spiro atoms. The Bertz CT molecular complexity index is 1510. The minimum Gasteiger partial charge on any atom is -0.370 e. The third-order valence-electron chi connectivity index (χ3n) is 6.04. The lowest BCUT2D eigenvalue weighted by Gasteiger charge is -2.37. The maximum Gasteiger partial charge on any atom is 0.243 e. The maximum atomic E-state index is 13.6. The van der Waals surface area contributed by atoms with E-state index in [-0.39, 0.29) is 42.2 Å². The normalized spacial score (nSPS) is 19.1. The van der Waals surface area contributed by atoms with Crippen LogP contribution in [0.3, 0.4) is 0 Å². The molecule has 6 nitrogen and oxygen atoms in total. The molecule has 3 aromatic carbocycles. The number of sulfonamides is 1. The van der Waals surface area contributed by atoms with E-state index in [1.165, 1.54) is 52.8 Å². The second-order valence-electron chi connectivity index (χ2n) is 8.44. The highest BCUT2D eigenvalue weighted by molar-refractivity contribution is 7.89. The van der Waals surface area contributed by atoms with E-state index in [1.54, 1.807) is 30.3 Å². The highest BCUT2D eigenvalue weighted by Crippen LogP contribution is 2.38. The van der Waals surface area contributed by atoms with Crippen LogP contribution in [0.1, 0.15) is 17.2 Å². The van der Waals surface area contributed by atoms with Crippen molar-refractivity contribution in [2.75, 3.05) is 13.1 Å². The van der Waals surface area contributed by atoms with Crippen molar-refractivity contribution < 1.29 is 17.2 Å². The summed E-state index contributed by atoms with van der Waals surface area (Å²) in [6, 6.07) is 17.0. The first-order valence-electron chi connectivity index (χ1n) is 11.0. The van der Waals surface area contributed by atoms with Gasteiger partial charge in [-0.15, -0.1) is 12.4 Å². The fourth-order valence-corrected chi connectivity index (χ4v) is 5.81. The molecule has 2 heterocycles. The van der Waals surface area contributed by atoms with Crippen molar-refractivity contribution in [1.29, 1.82) is 0 Å². The summed E-state index contributed by atoms with van der Waals surface area (Å²) in [4.78, 5) is 4.61. The zero-order valence-corrected chi connectivity index (χ0v) is 21.6. The second kappa shape index (κ2) is 10.6. The molecule has 192 valence electrons. The van der Waals surface area contributed by atoms with Gasteiger partial charge in [-0.25, -0.2) is 22.2 Å². The molecule has 0 amide bonds. The maximum absolute atomic E-state index is 13.6. The van der Waals surface area contributed by atoms with Crippen molar-refractivity contribution in [1.82, 2.24) is 9.62 Å². The van der Waals surface area contributed by atoms with Gasteiger partial charge in [0.1, 0.15) is 17.7 Å². The molecular formula is C26H22Cl2F2N4O2S. The van der Waals surface area contributed by atoms with Gasteiger partial charge < -0.3 is 11.1 Å². The Labute approximate surface area is 224 Å². The smallest absolute Gasteiger partial charge is 0.243 e. The first-order valence-corrected chi connectivity index (χ1v) is 12.8. The van der Waals surface area contributed by atoms with Crippen LogP contribution in [0.4, 0.5) is 8.78 Å². The van der Waals surface area contributed by atoms with Crippen LogP contribution in [0.5, 0.6) is 0 Å². The van der Waals surface area contributed by atoms with Gasteiger partial charge in [0.15, 0.2) is 5.96 Å². The number of hydrogen-bond donors (Lipinski definition) is 2. The van der Waals surface area contributed by atoms with Crippen LogP contribution in [0.2, 0.25) is 5.02 Å². The van der Waals surface area contributed by atoms with Gasteiger partial charge in [-0.3, -0.25) is 0 Å². The van der Waals surface area contributed by atoms with Crippen molar-refractivity contribution in [3.05, 3.63) is 117 Å². The number of halogens is 4. The standard InChI is InChI=1S/C26H21ClF2N4O2S.ClH/c27-19-5-11-22(12-6-19)36(34,35)33-14-18(13-16-1-7-20(28)8-2-16)25-23(15-33)24(31-26(30)32-25)17-3-9-21(29)10-4-17;/h1-13,24H,14-15H2,(H3,30,31,32);1H/b18-13+;. The summed E-state index contributed by atoms with van der Waals surface area (Å²) < 4.78 is 55.7. The number of nitrogens with two attached hydrogens (primary N) is 1. The van der Waals surface area contributed by atoms with Gasteiger partial charge in [-0.1, -0.05) is 35.9 Å². The number of nitrogens with one attached hydrogen (secondary N) is 1. The summed E-state index contributed by atoms with van der Waals surface area (Å²) in [5.74, 6) is -0.621. The minimum atomic E-state index is -3.91. The summed E-state index contributed by atoms with van der Waals surface area (Å²) >= 11 is 5.96. The third kappa shape index (κ3) is 5.55. The molecule has 3 aromatic rings. The monoisotopic (exact) mass is 562 g/mol. The SMILES string of the molecule is Cl.NC1=NC(c2ccc(F)cc2)C2=C(N1)/C(=C/c1ccc(F)cc1)CN(S(=O)(=O)c1ccc(Cl)cc1)C2. The fraction of sp³-hybridized carbons (Fsp3) is 0.115. The molecule has 0 saturated heterocycles. The van der Waals surface area contributed by atoms with Crippen LogP contribution >= 0.6 is 24.0 Å². The van der Waals surface area contributed by atoms with E-state index in [0.29, 0.717) is 33.0 Å². The van der Waals surface area contributed by atoms with Crippen LogP contribution in [0.25, 0.3) is 6.08 Å². The van der Waals surface area contributed by atoms with Gasteiger partial charge in [0.25, 0.3) is 0 Å². The average molecular weight is 563 g/mol. The Balaban J connectivity index is 0.00000320. The first-order chi connectivity index (χ1) is 17.2. The van der Waals surface area contributed by atoms with Gasteiger partial charge in [0.2, 0.25) is 10.0 Å². The Kier molecular flexibility index (Phi) is 7.70. The van der Waals surface area contributed by atoms with Crippen LogP contribution in [0.15, 0.2) is 99.5 Å². The van der Waals surface area contributed by atoms with Gasteiger partial charge >= 0.3 is 0 Å². The van der Waals surface area contributed by atoms with Gasteiger partial charge in [-0.2, -0.15) is 4.31 Å². The molecule has 2 aliphatic heterocycles. The lowest BCUT2D eigenvalue weighted by Crippen LogP contribution is -2.46. The predicted molar refractivity (Wildman–Crippen MR) is 143 cm³/mol. The number of aliphatic imine (C=N–C) groups is 1. The molecule has 37 heavy (non-hydrogen) atoms. The lowest BCUT2D eigenvalue weighted by molar-refractivity contribution is 0.436. The zero-order valence-electron chi connectivity index (χ0n) is 19.2. The van der Waals surface area contributed by atoms with Crippen molar-refractivity contribution >= 4 is 46.1 Å². The Hall–Kier alpha value is -3.24. The van der Waals surface area contributed by atoms with Gasteiger partial charge in [0, 0.05) is 23.8 Å². The van der Waals surface area contributed by atoms with Crippen LogP contribution < -0.4 is 11.1 Å². The Morgan fingerprint density at radius 2 is 1.54 bits per heavy atom. The molecule has 0 radical (unpaired) electrons.